The number of nitrogens with zero attached hydrogens (tertiary/aromatic N) is 2. The summed E-state index contributed by atoms with van der Waals surface area (Å²) in [6.45, 7) is 5.48. The van der Waals surface area contributed by atoms with Crippen molar-refractivity contribution in [1.29, 1.82) is 0 Å². The number of nitrogens with two attached hydrogens (primary N) is 1. The van der Waals surface area contributed by atoms with E-state index in [-0.39, 0.29) is 17.7 Å². The molecule has 1 heterocycles. The van der Waals surface area contributed by atoms with Crippen molar-refractivity contribution < 1.29 is 14.4 Å². The highest BCUT2D eigenvalue weighted by Crippen LogP contribution is 2.05. The van der Waals surface area contributed by atoms with Crippen molar-refractivity contribution in [2.45, 2.75) is 64.2 Å². The highest BCUT2D eigenvalue weighted by molar-refractivity contribution is 5.79. The summed E-state index contributed by atoms with van der Waals surface area (Å²) in [5.41, 5.74) is 5.43. The van der Waals surface area contributed by atoms with Gasteiger partial charge in [-0.15, -0.1) is 0 Å². The van der Waals surface area contributed by atoms with Crippen molar-refractivity contribution in [1.82, 2.24) is 20.4 Å². The molecule has 0 spiro atoms. The normalized spacial score (nSPS) is 14.6. The third-order valence-electron chi connectivity index (χ3n) is 5.26. The summed E-state index contributed by atoms with van der Waals surface area (Å²) in [5, 5.41) is 5.83. The Morgan fingerprint density at radius 3 is 1.86 bits per heavy atom. The monoisotopic (exact) mass is 411 g/mol. The molecular weight excluding hydrogens is 370 g/mol. The van der Waals surface area contributed by atoms with E-state index in [9.17, 15) is 14.4 Å². The van der Waals surface area contributed by atoms with Gasteiger partial charge in [0.25, 0.3) is 0 Å². The van der Waals surface area contributed by atoms with Crippen LogP contribution in [0.4, 0.5) is 0 Å². The van der Waals surface area contributed by atoms with Crippen LogP contribution < -0.4 is 16.4 Å². The lowest BCUT2D eigenvalue weighted by molar-refractivity contribution is -0.133. The third kappa shape index (κ3) is 13.2. The molecule has 1 rings (SSSR count). The maximum absolute atomic E-state index is 12.1. The van der Waals surface area contributed by atoms with Gasteiger partial charge in [0.05, 0.1) is 0 Å². The van der Waals surface area contributed by atoms with E-state index in [1.165, 1.54) is 0 Å². The Balaban J connectivity index is 1.91. The van der Waals surface area contributed by atoms with Crippen LogP contribution >= 0.6 is 0 Å². The summed E-state index contributed by atoms with van der Waals surface area (Å²) in [4.78, 5) is 39.8. The second-order valence-electron chi connectivity index (χ2n) is 7.90. The molecule has 29 heavy (non-hydrogen) atoms. The third-order valence-corrected chi connectivity index (χ3v) is 5.26. The van der Waals surface area contributed by atoms with Gasteiger partial charge >= 0.3 is 0 Å². The van der Waals surface area contributed by atoms with Crippen molar-refractivity contribution in [3.8, 4) is 0 Å². The highest BCUT2D eigenvalue weighted by atomic mass is 16.2. The fraction of sp³-hybridized carbons (Fsp3) is 0.857. The summed E-state index contributed by atoms with van der Waals surface area (Å²) in [6.07, 6.45) is 7.65. The van der Waals surface area contributed by atoms with E-state index in [1.54, 1.807) is 0 Å². The Kier molecular flexibility index (Phi) is 14.1. The van der Waals surface area contributed by atoms with E-state index < -0.39 is 0 Å². The number of carbonyl (C=O) groups is 3. The maximum atomic E-state index is 12.1. The fourth-order valence-corrected chi connectivity index (χ4v) is 3.28. The quantitative estimate of drug-likeness (QED) is 0.346. The van der Waals surface area contributed by atoms with E-state index >= 15 is 0 Å². The SMILES string of the molecule is CN1CCN(C(=O)CCCC(=O)NCCCCCC(=O)NCCCCCN)CC1. The maximum Gasteiger partial charge on any atom is 0.222 e. The van der Waals surface area contributed by atoms with Gasteiger partial charge < -0.3 is 26.2 Å². The van der Waals surface area contributed by atoms with Crippen LogP contribution in [0.5, 0.6) is 0 Å². The number of unbranched alkanes of at least 4 members (excludes halogenated alkanes) is 4. The Hall–Kier alpha value is -1.67. The van der Waals surface area contributed by atoms with E-state index in [0.717, 1.165) is 71.2 Å². The summed E-state index contributed by atoms with van der Waals surface area (Å²) >= 11 is 0. The number of hydrogen-bond acceptors (Lipinski definition) is 5. The minimum absolute atomic E-state index is 0.00593. The molecule has 1 saturated heterocycles. The van der Waals surface area contributed by atoms with Crippen LogP contribution in [-0.4, -0.2) is 80.4 Å². The van der Waals surface area contributed by atoms with Gasteiger partial charge in [-0.2, -0.15) is 0 Å². The predicted molar refractivity (Wildman–Crippen MR) is 115 cm³/mol. The molecule has 0 unspecified atom stereocenters. The molecule has 0 aliphatic carbocycles. The van der Waals surface area contributed by atoms with Gasteiger partial charge in [-0.05, 0) is 45.7 Å². The number of rotatable bonds is 15. The zero-order valence-electron chi connectivity index (χ0n) is 18.2. The number of piperazine rings is 1. The summed E-state index contributed by atoms with van der Waals surface area (Å²) in [6, 6.07) is 0. The van der Waals surface area contributed by atoms with E-state index in [1.807, 2.05) is 4.90 Å². The van der Waals surface area contributed by atoms with Crippen LogP contribution in [0.15, 0.2) is 0 Å². The number of carbonyl (C=O) groups excluding carboxylic acids is 3. The standard InChI is InChI=1S/C21H41N5O3/c1-25-15-17-26(18-16-25)21(29)11-8-10-20(28)24-13-6-2-4-9-19(27)23-14-7-3-5-12-22/h2-18,22H2,1H3,(H,23,27)(H,24,28). The van der Waals surface area contributed by atoms with Crippen molar-refractivity contribution in [2.75, 3.05) is 52.9 Å². The van der Waals surface area contributed by atoms with Crippen molar-refractivity contribution in [3.63, 3.8) is 0 Å². The molecule has 168 valence electrons. The molecular formula is C21H41N5O3. The van der Waals surface area contributed by atoms with Crippen molar-refractivity contribution >= 4 is 17.7 Å². The lowest BCUT2D eigenvalue weighted by Crippen LogP contribution is -2.47. The van der Waals surface area contributed by atoms with Crippen molar-refractivity contribution in [3.05, 3.63) is 0 Å². The molecule has 8 heteroatoms. The number of likely N-dealkylation sites (N-methyl/N-ethyl adjacent to an activating group) is 1. The minimum atomic E-state index is 0.00593. The van der Waals surface area contributed by atoms with E-state index in [2.05, 4.69) is 22.6 Å². The molecule has 0 aromatic heterocycles. The Bertz CT molecular complexity index is 479. The molecule has 8 nitrogen and oxygen atoms in total. The van der Waals surface area contributed by atoms with Crippen LogP contribution in [0.3, 0.4) is 0 Å². The zero-order valence-corrected chi connectivity index (χ0v) is 18.2. The number of nitrogens with one attached hydrogen (secondary N) is 2. The van der Waals surface area contributed by atoms with E-state index in [4.69, 9.17) is 5.73 Å². The molecule has 0 bridgehead atoms. The van der Waals surface area contributed by atoms with Crippen LogP contribution in [0.25, 0.3) is 0 Å². The lowest BCUT2D eigenvalue weighted by Gasteiger charge is -2.32. The van der Waals surface area contributed by atoms with Gasteiger partial charge in [0.15, 0.2) is 0 Å². The zero-order chi connectivity index (χ0) is 21.3. The topological polar surface area (TPSA) is 108 Å². The van der Waals surface area contributed by atoms with Gasteiger partial charge in [0.2, 0.25) is 17.7 Å². The molecule has 1 aliphatic rings. The van der Waals surface area contributed by atoms with E-state index in [0.29, 0.717) is 38.8 Å². The summed E-state index contributed by atoms with van der Waals surface area (Å²) in [5.74, 6) is 0.266. The first-order chi connectivity index (χ1) is 14.0. The van der Waals surface area contributed by atoms with Crippen LogP contribution in [0, 0.1) is 0 Å². The predicted octanol–water partition coefficient (Wildman–Crippen LogP) is 0.853. The molecule has 1 fully saturated rings. The van der Waals surface area contributed by atoms with Gasteiger partial charge in [-0.1, -0.05) is 12.8 Å². The lowest BCUT2D eigenvalue weighted by atomic mass is 10.1. The molecule has 3 amide bonds. The van der Waals surface area contributed by atoms with Crippen LogP contribution in [0.1, 0.15) is 64.2 Å². The molecule has 0 aromatic carbocycles. The van der Waals surface area contributed by atoms with Crippen LogP contribution in [-0.2, 0) is 14.4 Å². The van der Waals surface area contributed by atoms with Gasteiger partial charge in [-0.3, -0.25) is 14.4 Å². The highest BCUT2D eigenvalue weighted by Gasteiger charge is 2.18. The average molecular weight is 412 g/mol. The fourth-order valence-electron chi connectivity index (χ4n) is 3.28. The molecule has 0 saturated carbocycles. The minimum Gasteiger partial charge on any atom is -0.356 e. The molecule has 1 aliphatic heterocycles. The molecule has 4 N–H and O–H groups in total. The van der Waals surface area contributed by atoms with Gasteiger partial charge in [-0.25, -0.2) is 0 Å². The Morgan fingerprint density at radius 1 is 0.724 bits per heavy atom. The van der Waals surface area contributed by atoms with Crippen LogP contribution in [0.2, 0.25) is 0 Å². The Morgan fingerprint density at radius 2 is 1.28 bits per heavy atom. The average Bonchev–Trinajstić information content (AvgIpc) is 2.70. The van der Waals surface area contributed by atoms with Gasteiger partial charge in [0.1, 0.15) is 0 Å². The number of hydrogen-bond donors (Lipinski definition) is 3. The largest absolute Gasteiger partial charge is 0.356 e. The van der Waals surface area contributed by atoms with Gasteiger partial charge in [0, 0.05) is 58.5 Å². The molecule has 0 aromatic rings. The second-order valence-corrected chi connectivity index (χ2v) is 7.90. The summed E-state index contributed by atoms with van der Waals surface area (Å²) < 4.78 is 0. The molecule has 0 atom stereocenters. The van der Waals surface area contributed by atoms with Crippen molar-refractivity contribution in [2.24, 2.45) is 5.73 Å². The first-order valence-corrected chi connectivity index (χ1v) is 11.2. The summed E-state index contributed by atoms with van der Waals surface area (Å²) in [7, 11) is 2.06. The second kappa shape index (κ2) is 16.2. The molecule has 0 radical (unpaired) electrons. The Labute approximate surface area is 175 Å². The smallest absolute Gasteiger partial charge is 0.222 e. The number of amides is 3. The first kappa shape index (κ1) is 25.4. The first-order valence-electron chi connectivity index (χ1n) is 11.2.